The molecule has 1 aromatic carbocycles. The van der Waals surface area contributed by atoms with E-state index in [1.807, 2.05) is 31.2 Å². The van der Waals surface area contributed by atoms with Crippen LogP contribution in [-0.4, -0.2) is 17.1 Å². The van der Waals surface area contributed by atoms with Crippen LogP contribution in [-0.2, 0) is 0 Å². The molecule has 108 valence electrons. The number of hydrogen-bond acceptors (Lipinski definition) is 2. The Morgan fingerprint density at radius 2 is 1.70 bits per heavy atom. The fourth-order valence-corrected chi connectivity index (χ4v) is 2.78. The van der Waals surface area contributed by atoms with Gasteiger partial charge in [-0.15, -0.1) is 0 Å². The van der Waals surface area contributed by atoms with Crippen molar-refractivity contribution in [3.63, 3.8) is 0 Å². The summed E-state index contributed by atoms with van der Waals surface area (Å²) in [5.41, 5.74) is 1.78. The number of nitrogens with one attached hydrogen (secondary N) is 2. The number of carbonyl (C=O) groups excluding carboxylic acids is 1. The lowest BCUT2D eigenvalue weighted by Crippen LogP contribution is -2.44. The molecule has 0 aromatic heterocycles. The molecule has 0 saturated heterocycles. The second-order valence-corrected chi connectivity index (χ2v) is 5.89. The van der Waals surface area contributed by atoms with Gasteiger partial charge in [0.15, 0.2) is 5.11 Å². The van der Waals surface area contributed by atoms with E-state index in [2.05, 4.69) is 10.6 Å². The van der Waals surface area contributed by atoms with Crippen LogP contribution in [0.1, 0.15) is 54.4 Å². The van der Waals surface area contributed by atoms with E-state index in [4.69, 9.17) is 12.2 Å². The van der Waals surface area contributed by atoms with Gasteiger partial charge in [0.1, 0.15) is 0 Å². The largest absolute Gasteiger partial charge is 0.360 e. The Balaban J connectivity index is 1.84. The Labute approximate surface area is 126 Å². The van der Waals surface area contributed by atoms with Crippen molar-refractivity contribution in [1.82, 2.24) is 10.6 Å². The minimum absolute atomic E-state index is 0.142. The van der Waals surface area contributed by atoms with Crippen molar-refractivity contribution in [2.75, 3.05) is 0 Å². The topological polar surface area (TPSA) is 41.1 Å². The molecule has 1 aromatic rings. The highest BCUT2D eigenvalue weighted by Crippen LogP contribution is 2.17. The maximum Gasteiger partial charge on any atom is 0.257 e. The molecule has 0 atom stereocenters. The molecule has 0 spiro atoms. The first-order valence-electron chi connectivity index (χ1n) is 7.33. The van der Waals surface area contributed by atoms with E-state index in [1.54, 1.807) is 0 Å². The van der Waals surface area contributed by atoms with Gasteiger partial charge >= 0.3 is 0 Å². The van der Waals surface area contributed by atoms with Gasteiger partial charge < -0.3 is 5.32 Å². The molecule has 3 nitrogen and oxygen atoms in total. The average molecular weight is 290 g/mol. The molecule has 1 fully saturated rings. The molecule has 2 N–H and O–H groups in total. The molecular formula is C16H22N2OS. The lowest BCUT2D eigenvalue weighted by molar-refractivity contribution is 0.0976. The summed E-state index contributed by atoms with van der Waals surface area (Å²) in [5.74, 6) is -0.142. The Morgan fingerprint density at radius 1 is 1.10 bits per heavy atom. The Hall–Kier alpha value is -1.42. The summed E-state index contributed by atoms with van der Waals surface area (Å²) in [5, 5.41) is 6.48. The third-order valence-corrected chi connectivity index (χ3v) is 3.95. The van der Waals surface area contributed by atoms with Gasteiger partial charge in [0, 0.05) is 11.6 Å². The van der Waals surface area contributed by atoms with Crippen LogP contribution in [0.5, 0.6) is 0 Å². The molecule has 0 radical (unpaired) electrons. The summed E-state index contributed by atoms with van der Waals surface area (Å²) >= 11 is 5.24. The van der Waals surface area contributed by atoms with Gasteiger partial charge in [-0.05, 0) is 44.1 Å². The molecule has 4 heteroatoms. The summed E-state index contributed by atoms with van der Waals surface area (Å²) in [6.45, 7) is 2.00. The van der Waals surface area contributed by atoms with E-state index in [1.165, 1.54) is 25.7 Å². The number of rotatable bonds is 2. The number of hydrogen-bond donors (Lipinski definition) is 2. The maximum atomic E-state index is 12.0. The van der Waals surface area contributed by atoms with Crippen LogP contribution in [0.15, 0.2) is 24.3 Å². The van der Waals surface area contributed by atoms with Crippen LogP contribution in [0.2, 0.25) is 0 Å². The number of aryl methyl sites for hydroxylation is 1. The molecule has 1 saturated carbocycles. The monoisotopic (exact) mass is 290 g/mol. The summed E-state index contributed by atoms with van der Waals surface area (Å²) < 4.78 is 0. The SMILES string of the molecule is Cc1ccc(C(=O)NC(=S)NC2CCCCCC2)cc1. The van der Waals surface area contributed by atoms with Gasteiger partial charge in [0.25, 0.3) is 5.91 Å². The molecule has 0 bridgehead atoms. The van der Waals surface area contributed by atoms with E-state index >= 15 is 0 Å². The first-order valence-corrected chi connectivity index (χ1v) is 7.74. The third kappa shape index (κ3) is 4.60. The van der Waals surface area contributed by atoms with Crippen LogP contribution in [0, 0.1) is 6.92 Å². The molecule has 0 aliphatic heterocycles. The fraction of sp³-hybridized carbons (Fsp3) is 0.500. The quantitative estimate of drug-likeness (QED) is 0.648. The Bertz CT molecular complexity index is 462. The first kappa shape index (κ1) is 15.0. The van der Waals surface area contributed by atoms with Crippen LogP contribution in [0.4, 0.5) is 0 Å². The minimum atomic E-state index is -0.142. The van der Waals surface area contributed by atoms with Gasteiger partial charge in [-0.3, -0.25) is 10.1 Å². The summed E-state index contributed by atoms with van der Waals surface area (Å²) in [7, 11) is 0. The second-order valence-electron chi connectivity index (χ2n) is 5.48. The van der Waals surface area contributed by atoms with Gasteiger partial charge in [0.05, 0.1) is 0 Å². The first-order chi connectivity index (χ1) is 9.65. The van der Waals surface area contributed by atoms with Crippen LogP contribution in [0.25, 0.3) is 0 Å². The van der Waals surface area contributed by atoms with E-state index in [0.717, 1.165) is 18.4 Å². The zero-order valence-electron chi connectivity index (χ0n) is 11.9. The standard InChI is InChI=1S/C16H22N2OS/c1-12-8-10-13(11-9-12)15(19)18-16(20)17-14-6-4-2-3-5-7-14/h8-11,14H,2-7H2,1H3,(H2,17,18,19,20). The van der Waals surface area contributed by atoms with Gasteiger partial charge in [-0.1, -0.05) is 43.4 Å². The number of thiocarbonyl (C=S) groups is 1. The number of amides is 1. The molecule has 1 aliphatic carbocycles. The van der Waals surface area contributed by atoms with Crippen molar-refractivity contribution in [2.45, 2.75) is 51.5 Å². The van der Waals surface area contributed by atoms with Crippen molar-refractivity contribution in [2.24, 2.45) is 0 Å². The van der Waals surface area contributed by atoms with Crippen molar-refractivity contribution in [3.8, 4) is 0 Å². The summed E-state index contributed by atoms with van der Waals surface area (Å²) in [4.78, 5) is 12.0. The highest BCUT2D eigenvalue weighted by atomic mass is 32.1. The van der Waals surface area contributed by atoms with Gasteiger partial charge in [-0.2, -0.15) is 0 Å². The Kier molecular flexibility index (Phi) is 5.53. The maximum absolute atomic E-state index is 12.0. The molecule has 0 heterocycles. The number of carbonyl (C=O) groups is 1. The lowest BCUT2D eigenvalue weighted by atomic mass is 10.1. The predicted molar refractivity (Wildman–Crippen MR) is 85.9 cm³/mol. The van der Waals surface area contributed by atoms with E-state index in [0.29, 0.717) is 16.7 Å². The zero-order valence-corrected chi connectivity index (χ0v) is 12.8. The molecular weight excluding hydrogens is 268 g/mol. The molecule has 1 amide bonds. The van der Waals surface area contributed by atoms with Crippen molar-refractivity contribution < 1.29 is 4.79 Å². The highest BCUT2D eigenvalue weighted by Gasteiger charge is 2.14. The third-order valence-electron chi connectivity index (χ3n) is 3.73. The highest BCUT2D eigenvalue weighted by molar-refractivity contribution is 7.80. The smallest absolute Gasteiger partial charge is 0.257 e. The van der Waals surface area contributed by atoms with Crippen molar-refractivity contribution in [1.29, 1.82) is 0 Å². The van der Waals surface area contributed by atoms with Crippen molar-refractivity contribution in [3.05, 3.63) is 35.4 Å². The predicted octanol–water partition coefficient (Wildman–Crippen LogP) is 3.32. The van der Waals surface area contributed by atoms with Crippen LogP contribution in [0.3, 0.4) is 0 Å². The summed E-state index contributed by atoms with van der Waals surface area (Å²) in [6.07, 6.45) is 7.38. The second kappa shape index (κ2) is 7.39. The number of benzene rings is 1. The average Bonchev–Trinajstić information content (AvgIpc) is 2.68. The van der Waals surface area contributed by atoms with Crippen molar-refractivity contribution >= 4 is 23.2 Å². The van der Waals surface area contributed by atoms with Gasteiger partial charge in [0.2, 0.25) is 0 Å². The van der Waals surface area contributed by atoms with E-state index < -0.39 is 0 Å². The lowest BCUT2D eigenvalue weighted by Gasteiger charge is -2.18. The molecule has 1 aliphatic rings. The van der Waals surface area contributed by atoms with E-state index in [-0.39, 0.29) is 5.91 Å². The normalized spacial score (nSPS) is 16.2. The zero-order chi connectivity index (χ0) is 14.4. The van der Waals surface area contributed by atoms with Gasteiger partial charge in [-0.25, -0.2) is 0 Å². The van der Waals surface area contributed by atoms with Crippen LogP contribution >= 0.6 is 12.2 Å². The van der Waals surface area contributed by atoms with Crippen LogP contribution < -0.4 is 10.6 Å². The minimum Gasteiger partial charge on any atom is -0.360 e. The van der Waals surface area contributed by atoms with E-state index in [9.17, 15) is 4.79 Å². The molecule has 0 unspecified atom stereocenters. The fourth-order valence-electron chi connectivity index (χ4n) is 2.53. The summed E-state index contributed by atoms with van der Waals surface area (Å²) in [6, 6.07) is 7.90. The molecule has 2 rings (SSSR count). The Morgan fingerprint density at radius 3 is 2.30 bits per heavy atom. The molecule has 20 heavy (non-hydrogen) atoms.